The predicted molar refractivity (Wildman–Crippen MR) is 129 cm³/mol. The van der Waals surface area contributed by atoms with Crippen molar-refractivity contribution in [2.75, 3.05) is 25.0 Å². The molecule has 2 atom stereocenters. The van der Waals surface area contributed by atoms with E-state index >= 15 is 0 Å². The summed E-state index contributed by atoms with van der Waals surface area (Å²) in [6, 6.07) is 4.77. The van der Waals surface area contributed by atoms with Crippen molar-refractivity contribution in [3.8, 4) is 6.07 Å². The number of anilines is 1. The molecule has 0 bridgehead atoms. The number of unbranched alkanes of at least 4 members (excludes halogenated alkanes) is 7. The molecule has 9 heteroatoms. The van der Waals surface area contributed by atoms with Gasteiger partial charge in [0, 0.05) is 11.7 Å². The SMILES string of the molecule is CC(O)(CCCCCCCCCCN1CCC[C@@H]1CO)C(=O)Nc1ccc(C#N)c(C(F)(F)F)c1. The third-order valence-electron chi connectivity index (χ3n) is 6.76. The van der Waals surface area contributed by atoms with Crippen LogP contribution in [-0.4, -0.2) is 52.4 Å². The number of halogens is 3. The van der Waals surface area contributed by atoms with Crippen molar-refractivity contribution in [2.24, 2.45) is 0 Å². The second-order valence-electron chi connectivity index (χ2n) is 9.69. The summed E-state index contributed by atoms with van der Waals surface area (Å²) in [4.78, 5) is 14.8. The maximum Gasteiger partial charge on any atom is 0.417 e. The average Bonchev–Trinajstić information content (AvgIpc) is 3.27. The third kappa shape index (κ3) is 9.43. The lowest BCUT2D eigenvalue weighted by atomic mass is 9.96. The van der Waals surface area contributed by atoms with Crippen molar-refractivity contribution in [2.45, 2.75) is 95.4 Å². The normalized spacial score (nSPS) is 18.3. The molecule has 0 aromatic heterocycles. The molecule has 6 nitrogen and oxygen atoms in total. The number of nitriles is 1. The zero-order chi connectivity index (χ0) is 25.9. The molecule has 1 saturated heterocycles. The Balaban J connectivity index is 1.61. The van der Waals surface area contributed by atoms with Crippen LogP contribution in [-0.2, 0) is 11.0 Å². The molecule has 1 amide bonds. The van der Waals surface area contributed by atoms with E-state index in [1.54, 1.807) is 0 Å². The molecule has 1 aromatic carbocycles. The molecule has 196 valence electrons. The van der Waals surface area contributed by atoms with E-state index < -0.39 is 28.8 Å². The van der Waals surface area contributed by atoms with Gasteiger partial charge in [-0.05, 0) is 63.9 Å². The van der Waals surface area contributed by atoms with Crippen LogP contribution in [0, 0.1) is 11.3 Å². The molecule has 1 fully saturated rings. The van der Waals surface area contributed by atoms with Gasteiger partial charge in [0.15, 0.2) is 0 Å². The molecule has 2 rings (SSSR count). The standard InChI is InChI=1S/C26H38F3N3O3/c1-25(35,24(34)31-21-13-12-20(18-30)23(17-21)26(27,28)29)14-8-6-4-2-3-5-7-9-15-32-16-10-11-22(32)19-33/h12-13,17,22,33,35H,2-11,14-16,19H2,1H3,(H,31,34)/t22-,25?/m1/s1. The number of hydrogen-bond donors (Lipinski definition) is 3. The van der Waals surface area contributed by atoms with Crippen molar-refractivity contribution < 1.29 is 28.2 Å². The molecule has 0 spiro atoms. The Morgan fingerprint density at radius 3 is 2.37 bits per heavy atom. The van der Waals surface area contributed by atoms with E-state index in [1.165, 1.54) is 38.3 Å². The Labute approximate surface area is 206 Å². The second kappa shape index (κ2) is 13.8. The zero-order valence-corrected chi connectivity index (χ0v) is 20.5. The van der Waals surface area contributed by atoms with Gasteiger partial charge in [0.05, 0.1) is 23.8 Å². The van der Waals surface area contributed by atoms with Crippen LogP contribution < -0.4 is 5.32 Å². The Morgan fingerprint density at radius 2 is 1.77 bits per heavy atom. The number of amides is 1. The van der Waals surface area contributed by atoms with Gasteiger partial charge in [0.1, 0.15) is 5.60 Å². The van der Waals surface area contributed by atoms with Crippen LogP contribution in [0.15, 0.2) is 18.2 Å². The lowest BCUT2D eigenvalue weighted by Gasteiger charge is -2.23. The van der Waals surface area contributed by atoms with Crippen LogP contribution >= 0.6 is 0 Å². The largest absolute Gasteiger partial charge is 0.417 e. The minimum absolute atomic E-state index is 0.113. The summed E-state index contributed by atoms with van der Waals surface area (Å²) < 4.78 is 39.3. The maximum absolute atomic E-state index is 13.1. The van der Waals surface area contributed by atoms with Crippen LogP contribution in [0.25, 0.3) is 0 Å². The number of aliphatic hydroxyl groups excluding tert-OH is 1. The molecular weight excluding hydrogens is 459 g/mol. The highest BCUT2D eigenvalue weighted by Gasteiger charge is 2.35. The first-order chi connectivity index (χ1) is 16.6. The van der Waals surface area contributed by atoms with Crippen molar-refractivity contribution >= 4 is 11.6 Å². The third-order valence-corrected chi connectivity index (χ3v) is 6.76. The van der Waals surface area contributed by atoms with Crippen molar-refractivity contribution in [1.82, 2.24) is 4.90 Å². The quantitative estimate of drug-likeness (QED) is 0.306. The van der Waals surface area contributed by atoms with Crippen LogP contribution in [0.4, 0.5) is 18.9 Å². The van der Waals surface area contributed by atoms with Gasteiger partial charge in [-0.3, -0.25) is 9.69 Å². The molecule has 1 aliphatic heterocycles. The average molecular weight is 498 g/mol. The molecule has 1 unspecified atom stereocenters. The van der Waals surface area contributed by atoms with Crippen molar-refractivity contribution in [3.05, 3.63) is 29.3 Å². The van der Waals surface area contributed by atoms with Crippen LogP contribution in [0.1, 0.15) is 88.7 Å². The van der Waals surface area contributed by atoms with Gasteiger partial charge in [-0.1, -0.05) is 44.9 Å². The van der Waals surface area contributed by atoms with Crippen molar-refractivity contribution in [3.63, 3.8) is 0 Å². The number of carbonyl (C=O) groups is 1. The highest BCUT2D eigenvalue weighted by molar-refractivity contribution is 5.96. The van der Waals surface area contributed by atoms with Gasteiger partial charge in [-0.25, -0.2) is 0 Å². The van der Waals surface area contributed by atoms with E-state index in [-0.39, 0.29) is 18.7 Å². The van der Waals surface area contributed by atoms with E-state index in [2.05, 4.69) is 10.2 Å². The minimum Gasteiger partial charge on any atom is -0.395 e. The number of rotatable bonds is 14. The number of benzene rings is 1. The molecule has 0 aliphatic carbocycles. The minimum atomic E-state index is -4.72. The summed E-state index contributed by atoms with van der Waals surface area (Å²) in [6.45, 7) is 3.76. The second-order valence-corrected chi connectivity index (χ2v) is 9.69. The molecule has 1 aliphatic rings. The van der Waals surface area contributed by atoms with Gasteiger partial charge in [0.2, 0.25) is 0 Å². The molecular formula is C26H38F3N3O3. The smallest absolute Gasteiger partial charge is 0.395 e. The predicted octanol–water partition coefficient (Wildman–Crippen LogP) is 5.23. The lowest BCUT2D eigenvalue weighted by molar-refractivity contribution is -0.138. The fraction of sp³-hybridized carbons (Fsp3) is 0.692. The van der Waals surface area contributed by atoms with Crippen LogP contribution in [0.5, 0.6) is 0 Å². The maximum atomic E-state index is 13.1. The summed E-state index contributed by atoms with van der Waals surface area (Å²) in [5.41, 5.74) is -3.46. The molecule has 0 radical (unpaired) electrons. The highest BCUT2D eigenvalue weighted by atomic mass is 19.4. The topological polar surface area (TPSA) is 96.6 Å². The Hall–Kier alpha value is -2.15. The van der Waals surface area contributed by atoms with Gasteiger partial charge >= 0.3 is 6.18 Å². The molecule has 35 heavy (non-hydrogen) atoms. The summed E-state index contributed by atoms with van der Waals surface area (Å²) in [5, 5.41) is 31.1. The first-order valence-corrected chi connectivity index (χ1v) is 12.6. The number of alkyl halides is 3. The van der Waals surface area contributed by atoms with E-state index in [1.807, 2.05) is 0 Å². The fourth-order valence-corrected chi connectivity index (χ4v) is 4.57. The number of nitrogens with one attached hydrogen (secondary N) is 1. The van der Waals surface area contributed by atoms with Gasteiger partial charge in [-0.2, -0.15) is 18.4 Å². The van der Waals surface area contributed by atoms with E-state index in [9.17, 15) is 28.2 Å². The number of aliphatic hydroxyl groups is 2. The first kappa shape index (κ1) is 29.1. The molecule has 1 heterocycles. The Bertz CT molecular complexity index is 852. The van der Waals surface area contributed by atoms with Gasteiger partial charge in [0.25, 0.3) is 5.91 Å². The number of carbonyl (C=O) groups excluding carboxylic acids is 1. The van der Waals surface area contributed by atoms with E-state index in [0.29, 0.717) is 18.5 Å². The fourth-order valence-electron chi connectivity index (χ4n) is 4.57. The highest BCUT2D eigenvalue weighted by Crippen LogP contribution is 2.33. The van der Waals surface area contributed by atoms with E-state index in [0.717, 1.165) is 57.7 Å². The van der Waals surface area contributed by atoms with Crippen LogP contribution in [0.3, 0.4) is 0 Å². The summed E-state index contributed by atoms with van der Waals surface area (Å²) in [5.74, 6) is -0.767. The van der Waals surface area contributed by atoms with E-state index in [4.69, 9.17) is 5.26 Å². The van der Waals surface area contributed by atoms with Gasteiger partial charge in [-0.15, -0.1) is 0 Å². The Morgan fingerprint density at radius 1 is 1.14 bits per heavy atom. The first-order valence-electron chi connectivity index (χ1n) is 12.6. The lowest BCUT2D eigenvalue weighted by Crippen LogP contribution is -2.40. The number of hydrogen-bond acceptors (Lipinski definition) is 5. The zero-order valence-electron chi connectivity index (χ0n) is 20.5. The molecule has 3 N–H and O–H groups in total. The van der Waals surface area contributed by atoms with Crippen molar-refractivity contribution in [1.29, 1.82) is 5.26 Å². The van der Waals surface area contributed by atoms with Crippen LogP contribution in [0.2, 0.25) is 0 Å². The number of likely N-dealkylation sites (tertiary alicyclic amines) is 1. The monoisotopic (exact) mass is 497 g/mol. The molecule has 0 saturated carbocycles. The Kier molecular flexibility index (Phi) is 11.5. The molecule has 1 aromatic rings. The summed E-state index contributed by atoms with van der Waals surface area (Å²) in [7, 11) is 0. The van der Waals surface area contributed by atoms with Gasteiger partial charge < -0.3 is 15.5 Å². The summed E-state index contributed by atoms with van der Waals surface area (Å²) >= 11 is 0. The number of nitrogens with zero attached hydrogens (tertiary/aromatic N) is 2. The summed E-state index contributed by atoms with van der Waals surface area (Å²) in [6.07, 6.45) is 5.99.